The zero-order valence-corrected chi connectivity index (χ0v) is 7.45. The van der Waals surface area contributed by atoms with E-state index in [1.807, 2.05) is 12.1 Å². The molecule has 0 aliphatic rings. The molecule has 1 aromatic rings. The molecule has 3 heteroatoms. The maximum atomic E-state index is 8.63. The summed E-state index contributed by atoms with van der Waals surface area (Å²) in [5.74, 6) is 0.322. The predicted molar refractivity (Wildman–Crippen MR) is 47.5 cm³/mol. The molecule has 0 amide bonds. The van der Waals surface area contributed by atoms with E-state index in [0.29, 0.717) is 11.1 Å². The SMILES string of the molecule is N#CCBr.Oc1ccccc1. The first kappa shape index (κ1) is 9.99. The zero-order chi connectivity index (χ0) is 8.53. The fraction of sp³-hybridized carbons (Fsp3) is 0.125. The highest BCUT2D eigenvalue weighted by atomic mass is 79.9. The Labute approximate surface area is 74.2 Å². The van der Waals surface area contributed by atoms with E-state index in [1.165, 1.54) is 0 Å². The molecule has 0 aliphatic heterocycles. The number of alkyl halides is 1. The van der Waals surface area contributed by atoms with Crippen molar-refractivity contribution < 1.29 is 5.11 Å². The van der Waals surface area contributed by atoms with Crippen LogP contribution >= 0.6 is 15.9 Å². The average Bonchev–Trinajstić information content (AvgIpc) is 2.07. The number of hydrogen-bond donors (Lipinski definition) is 1. The maximum Gasteiger partial charge on any atom is 0.115 e. The summed E-state index contributed by atoms with van der Waals surface area (Å²) in [6.45, 7) is 0. The third-order valence-corrected chi connectivity index (χ3v) is 1.07. The zero-order valence-electron chi connectivity index (χ0n) is 5.87. The van der Waals surface area contributed by atoms with Gasteiger partial charge in [0.15, 0.2) is 0 Å². The van der Waals surface area contributed by atoms with E-state index in [4.69, 9.17) is 10.4 Å². The second-order valence-corrected chi connectivity index (χ2v) is 2.19. The number of hydrogen-bond acceptors (Lipinski definition) is 2. The lowest BCUT2D eigenvalue weighted by Crippen LogP contribution is -1.56. The monoisotopic (exact) mass is 213 g/mol. The molecule has 0 unspecified atom stereocenters. The van der Waals surface area contributed by atoms with Gasteiger partial charge >= 0.3 is 0 Å². The number of benzene rings is 1. The quantitative estimate of drug-likeness (QED) is 0.673. The van der Waals surface area contributed by atoms with Crippen molar-refractivity contribution in [3.63, 3.8) is 0 Å². The van der Waals surface area contributed by atoms with Gasteiger partial charge in [0.2, 0.25) is 0 Å². The van der Waals surface area contributed by atoms with Crippen LogP contribution in [0.5, 0.6) is 5.75 Å². The lowest BCUT2D eigenvalue weighted by Gasteiger charge is -1.82. The predicted octanol–water partition coefficient (Wildman–Crippen LogP) is 2.30. The molecule has 2 nitrogen and oxygen atoms in total. The number of para-hydroxylation sites is 1. The number of rotatable bonds is 0. The average molecular weight is 214 g/mol. The molecule has 0 aliphatic carbocycles. The molecule has 0 spiro atoms. The Morgan fingerprint density at radius 2 is 1.82 bits per heavy atom. The lowest BCUT2D eigenvalue weighted by molar-refractivity contribution is 0.475. The van der Waals surface area contributed by atoms with E-state index in [-0.39, 0.29) is 0 Å². The number of nitrogens with zero attached hydrogens (tertiary/aromatic N) is 1. The Bertz CT molecular complexity index is 217. The Morgan fingerprint density at radius 3 is 2.00 bits per heavy atom. The molecule has 1 rings (SSSR count). The van der Waals surface area contributed by atoms with Gasteiger partial charge in [-0.25, -0.2) is 0 Å². The Balaban J connectivity index is 0.000000218. The van der Waals surface area contributed by atoms with Gasteiger partial charge < -0.3 is 5.11 Å². The van der Waals surface area contributed by atoms with Crippen LogP contribution in [0.15, 0.2) is 30.3 Å². The minimum atomic E-state index is 0.322. The lowest BCUT2D eigenvalue weighted by atomic mass is 10.3. The van der Waals surface area contributed by atoms with Crippen molar-refractivity contribution in [2.24, 2.45) is 0 Å². The van der Waals surface area contributed by atoms with Crippen LogP contribution in [0.3, 0.4) is 0 Å². The molecule has 0 radical (unpaired) electrons. The minimum absolute atomic E-state index is 0.322. The number of nitriles is 1. The highest BCUT2D eigenvalue weighted by Gasteiger charge is 1.74. The summed E-state index contributed by atoms with van der Waals surface area (Å²) in [6.07, 6.45) is 0. The van der Waals surface area contributed by atoms with Crippen molar-refractivity contribution in [1.29, 1.82) is 5.26 Å². The van der Waals surface area contributed by atoms with Crippen molar-refractivity contribution in [2.75, 3.05) is 5.33 Å². The van der Waals surface area contributed by atoms with E-state index in [0.717, 1.165) is 0 Å². The fourth-order valence-corrected chi connectivity index (χ4v) is 0.428. The van der Waals surface area contributed by atoms with Gasteiger partial charge in [-0.2, -0.15) is 5.26 Å². The Hall–Kier alpha value is -1.01. The van der Waals surface area contributed by atoms with Gasteiger partial charge in [0.1, 0.15) is 5.75 Å². The maximum absolute atomic E-state index is 8.63. The molecular weight excluding hydrogens is 206 g/mol. The highest BCUT2D eigenvalue weighted by molar-refractivity contribution is 9.09. The number of aromatic hydroxyl groups is 1. The van der Waals surface area contributed by atoms with Gasteiger partial charge in [0.05, 0.1) is 11.4 Å². The summed E-state index contributed by atoms with van der Waals surface area (Å²) in [5, 5.41) is 16.6. The summed E-state index contributed by atoms with van der Waals surface area (Å²) in [4.78, 5) is 0. The third-order valence-electron chi connectivity index (χ3n) is 0.816. The molecular formula is C8H8BrNO. The fourth-order valence-electron chi connectivity index (χ4n) is 0.428. The number of phenols is 1. The van der Waals surface area contributed by atoms with Crippen molar-refractivity contribution in [2.45, 2.75) is 0 Å². The van der Waals surface area contributed by atoms with Crippen molar-refractivity contribution in [3.8, 4) is 11.8 Å². The largest absolute Gasteiger partial charge is 0.508 e. The van der Waals surface area contributed by atoms with Gasteiger partial charge in [-0.15, -0.1) is 0 Å². The van der Waals surface area contributed by atoms with Gasteiger partial charge in [0.25, 0.3) is 0 Å². The van der Waals surface area contributed by atoms with Crippen LogP contribution in [0.4, 0.5) is 0 Å². The van der Waals surface area contributed by atoms with Gasteiger partial charge in [-0.05, 0) is 12.1 Å². The Kier molecular flexibility index (Phi) is 6.45. The van der Waals surface area contributed by atoms with Crippen LogP contribution in [-0.2, 0) is 0 Å². The molecule has 58 valence electrons. The highest BCUT2D eigenvalue weighted by Crippen LogP contribution is 2.02. The van der Waals surface area contributed by atoms with Crippen molar-refractivity contribution in [1.82, 2.24) is 0 Å². The molecule has 1 N–H and O–H groups in total. The van der Waals surface area contributed by atoms with Crippen LogP contribution in [0.25, 0.3) is 0 Å². The Morgan fingerprint density at radius 1 is 1.36 bits per heavy atom. The second-order valence-electron chi connectivity index (χ2n) is 1.63. The molecule has 0 atom stereocenters. The van der Waals surface area contributed by atoms with Gasteiger partial charge in [0, 0.05) is 0 Å². The standard InChI is InChI=1S/C6H6O.C2H2BrN/c7-6-4-2-1-3-5-6;3-1-2-4/h1-5,7H;1H2. The molecule has 1 aromatic carbocycles. The molecule has 0 bridgehead atoms. The van der Waals surface area contributed by atoms with Gasteiger partial charge in [-0.1, -0.05) is 34.1 Å². The van der Waals surface area contributed by atoms with Crippen molar-refractivity contribution in [3.05, 3.63) is 30.3 Å². The first-order valence-corrected chi connectivity index (χ1v) is 4.10. The minimum Gasteiger partial charge on any atom is -0.508 e. The number of halogens is 1. The molecule has 11 heavy (non-hydrogen) atoms. The van der Waals surface area contributed by atoms with Crippen LogP contribution in [0.1, 0.15) is 0 Å². The smallest absolute Gasteiger partial charge is 0.115 e. The summed E-state index contributed by atoms with van der Waals surface area (Å²) < 4.78 is 0. The van der Waals surface area contributed by atoms with E-state index in [2.05, 4.69) is 15.9 Å². The van der Waals surface area contributed by atoms with E-state index in [1.54, 1.807) is 24.3 Å². The van der Waals surface area contributed by atoms with Crippen molar-refractivity contribution >= 4 is 15.9 Å². The third kappa shape index (κ3) is 6.88. The summed E-state index contributed by atoms with van der Waals surface area (Å²) in [7, 11) is 0. The first-order valence-electron chi connectivity index (χ1n) is 2.98. The van der Waals surface area contributed by atoms with Crippen LogP contribution in [-0.4, -0.2) is 10.4 Å². The molecule has 0 fully saturated rings. The van der Waals surface area contributed by atoms with Crippen LogP contribution in [0.2, 0.25) is 0 Å². The van der Waals surface area contributed by atoms with Crippen LogP contribution < -0.4 is 0 Å². The normalized spacial score (nSPS) is 7.27. The van der Waals surface area contributed by atoms with E-state index < -0.39 is 0 Å². The number of phenolic OH excluding ortho intramolecular Hbond substituents is 1. The van der Waals surface area contributed by atoms with E-state index >= 15 is 0 Å². The van der Waals surface area contributed by atoms with E-state index in [9.17, 15) is 0 Å². The molecule has 0 aromatic heterocycles. The molecule has 0 heterocycles. The summed E-state index contributed by atoms with van der Waals surface area (Å²) in [5.41, 5.74) is 0. The molecule has 0 saturated heterocycles. The summed E-state index contributed by atoms with van der Waals surface area (Å²) >= 11 is 2.89. The second kappa shape index (κ2) is 7.10. The van der Waals surface area contributed by atoms with Gasteiger partial charge in [-0.3, -0.25) is 0 Å². The first-order chi connectivity index (χ1) is 5.31. The summed E-state index contributed by atoms with van der Waals surface area (Å²) in [6, 6.07) is 10.6. The molecule has 0 saturated carbocycles. The van der Waals surface area contributed by atoms with Crippen LogP contribution in [0, 0.1) is 11.3 Å². The topological polar surface area (TPSA) is 44.0 Å².